The van der Waals surface area contributed by atoms with E-state index in [9.17, 15) is 0 Å². The van der Waals surface area contributed by atoms with Crippen molar-refractivity contribution in [3.8, 4) is 0 Å². The van der Waals surface area contributed by atoms with Gasteiger partial charge in [0.05, 0.1) is 0 Å². The monoisotopic (exact) mass is 247 g/mol. The second-order valence-electron chi connectivity index (χ2n) is 5.61. The van der Waals surface area contributed by atoms with E-state index in [0.717, 1.165) is 25.3 Å². The zero-order chi connectivity index (χ0) is 13.1. The SMILES string of the molecule is Cc1cc(C)c(CNC(C)C)c(N2CCCC2)n1. The van der Waals surface area contributed by atoms with Gasteiger partial charge < -0.3 is 10.2 Å². The topological polar surface area (TPSA) is 28.2 Å². The van der Waals surface area contributed by atoms with Crippen LogP contribution in [0.1, 0.15) is 43.5 Å². The fraction of sp³-hybridized carbons (Fsp3) is 0.667. The third-order valence-corrected chi connectivity index (χ3v) is 3.55. The summed E-state index contributed by atoms with van der Waals surface area (Å²) in [7, 11) is 0. The van der Waals surface area contributed by atoms with Crippen LogP contribution in [-0.4, -0.2) is 24.1 Å². The zero-order valence-electron chi connectivity index (χ0n) is 12.1. The van der Waals surface area contributed by atoms with Gasteiger partial charge in [0.2, 0.25) is 0 Å². The highest BCUT2D eigenvalue weighted by atomic mass is 15.2. The maximum atomic E-state index is 4.78. The van der Waals surface area contributed by atoms with Crippen molar-refractivity contribution in [2.75, 3.05) is 18.0 Å². The molecule has 0 bridgehead atoms. The van der Waals surface area contributed by atoms with Crippen LogP contribution in [0.2, 0.25) is 0 Å². The first kappa shape index (κ1) is 13.3. The molecule has 0 aliphatic carbocycles. The van der Waals surface area contributed by atoms with Crippen molar-refractivity contribution in [1.82, 2.24) is 10.3 Å². The normalized spacial score (nSPS) is 15.7. The lowest BCUT2D eigenvalue weighted by Crippen LogP contribution is -2.27. The Bertz CT molecular complexity index is 406. The lowest BCUT2D eigenvalue weighted by atomic mass is 10.1. The van der Waals surface area contributed by atoms with E-state index in [-0.39, 0.29) is 0 Å². The van der Waals surface area contributed by atoms with Crippen molar-refractivity contribution < 1.29 is 0 Å². The summed E-state index contributed by atoms with van der Waals surface area (Å²) in [6.07, 6.45) is 2.59. The van der Waals surface area contributed by atoms with Crippen LogP contribution in [0.4, 0.5) is 5.82 Å². The van der Waals surface area contributed by atoms with E-state index in [4.69, 9.17) is 4.98 Å². The first-order valence-corrected chi connectivity index (χ1v) is 7.03. The third-order valence-electron chi connectivity index (χ3n) is 3.55. The number of aromatic nitrogens is 1. The van der Waals surface area contributed by atoms with Gasteiger partial charge in [-0.2, -0.15) is 0 Å². The number of hydrogen-bond acceptors (Lipinski definition) is 3. The summed E-state index contributed by atoms with van der Waals surface area (Å²) < 4.78 is 0. The highest BCUT2D eigenvalue weighted by Crippen LogP contribution is 2.25. The molecular weight excluding hydrogens is 222 g/mol. The summed E-state index contributed by atoms with van der Waals surface area (Å²) in [5.74, 6) is 1.21. The Hall–Kier alpha value is -1.09. The van der Waals surface area contributed by atoms with E-state index < -0.39 is 0 Å². The standard InChI is InChI=1S/C15H25N3/c1-11(2)16-10-14-12(3)9-13(4)17-15(14)18-7-5-6-8-18/h9,11,16H,5-8,10H2,1-4H3. The number of anilines is 1. The van der Waals surface area contributed by atoms with E-state index in [1.54, 1.807) is 0 Å². The molecule has 0 atom stereocenters. The van der Waals surface area contributed by atoms with Crippen LogP contribution in [-0.2, 0) is 6.54 Å². The molecule has 3 nitrogen and oxygen atoms in total. The Morgan fingerprint density at radius 3 is 2.56 bits per heavy atom. The van der Waals surface area contributed by atoms with Gasteiger partial charge in [-0.15, -0.1) is 0 Å². The number of hydrogen-bond donors (Lipinski definition) is 1. The minimum absolute atomic E-state index is 0.511. The summed E-state index contributed by atoms with van der Waals surface area (Å²) in [5.41, 5.74) is 3.86. The number of rotatable bonds is 4. The summed E-state index contributed by atoms with van der Waals surface area (Å²) >= 11 is 0. The number of nitrogens with one attached hydrogen (secondary N) is 1. The minimum Gasteiger partial charge on any atom is -0.356 e. The average Bonchev–Trinajstić information content (AvgIpc) is 2.79. The molecule has 2 heterocycles. The molecule has 1 N–H and O–H groups in total. The van der Waals surface area contributed by atoms with Crippen LogP contribution in [0, 0.1) is 13.8 Å². The molecule has 1 saturated heterocycles. The Labute approximate surface area is 111 Å². The van der Waals surface area contributed by atoms with E-state index in [2.05, 4.69) is 44.0 Å². The molecule has 18 heavy (non-hydrogen) atoms. The third kappa shape index (κ3) is 3.02. The fourth-order valence-corrected chi connectivity index (χ4v) is 2.56. The second-order valence-corrected chi connectivity index (χ2v) is 5.61. The van der Waals surface area contributed by atoms with Crippen LogP contribution in [0.15, 0.2) is 6.07 Å². The van der Waals surface area contributed by atoms with Gasteiger partial charge in [0.25, 0.3) is 0 Å². The molecule has 1 aliphatic rings. The molecule has 1 fully saturated rings. The molecule has 100 valence electrons. The van der Waals surface area contributed by atoms with Gasteiger partial charge >= 0.3 is 0 Å². The predicted octanol–water partition coefficient (Wildman–Crippen LogP) is 2.80. The molecule has 1 aromatic heterocycles. The van der Waals surface area contributed by atoms with E-state index >= 15 is 0 Å². The lowest BCUT2D eigenvalue weighted by Gasteiger charge is -2.23. The molecule has 0 unspecified atom stereocenters. The Morgan fingerprint density at radius 1 is 1.28 bits per heavy atom. The van der Waals surface area contributed by atoms with E-state index in [0.29, 0.717) is 6.04 Å². The molecular formula is C15H25N3. The van der Waals surface area contributed by atoms with Crippen LogP contribution in [0.3, 0.4) is 0 Å². The van der Waals surface area contributed by atoms with Gasteiger partial charge in [0, 0.05) is 36.9 Å². The summed E-state index contributed by atoms with van der Waals surface area (Å²) in [4.78, 5) is 7.22. The molecule has 0 saturated carbocycles. The first-order valence-electron chi connectivity index (χ1n) is 7.03. The number of pyridine rings is 1. The van der Waals surface area contributed by atoms with Gasteiger partial charge in [0.1, 0.15) is 5.82 Å². The molecule has 0 aromatic carbocycles. The average molecular weight is 247 g/mol. The van der Waals surface area contributed by atoms with Gasteiger partial charge in [-0.3, -0.25) is 0 Å². The van der Waals surface area contributed by atoms with E-state index in [1.807, 2.05) is 0 Å². The summed E-state index contributed by atoms with van der Waals surface area (Å²) in [6, 6.07) is 2.70. The van der Waals surface area contributed by atoms with Crippen molar-refractivity contribution in [2.24, 2.45) is 0 Å². The smallest absolute Gasteiger partial charge is 0.133 e. The van der Waals surface area contributed by atoms with Gasteiger partial charge in [0.15, 0.2) is 0 Å². The Balaban J connectivity index is 2.29. The molecule has 1 aliphatic heterocycles. The minimum atomic E-state index is 0.511. The van der Waals surface area contributed by atoms with Crippen LogP contribution in [0.5, 0.6) is 0 Å². The van der Waals surface area contributed by atoms with Crippen LogP contribution in [0.25, 0.3) is 0 Å². The molecule has 1 aromatic rings. The Morgan fingerprint density at radius 2 is 1.94 bits per heavy atom. The van der Waals surface area contributed by atoms with Crippen molar-refractivity contribution >= 4 is 5.82 Å². The fourth-order valence-electron chi connectivity index (χ4n) is 2.56. The quantitative estimate of drug-likeness (QED) is 0.887. The van der Waals surface area contributed by atoms with Gasteiger partial charge in [-0.1, -0.05) is 13.8 Å². The molecule has 0 radical (unpaired) electrons. The largest absolute Gasteiger partial charge is 0.356 e. The molecule has 0 amide bonds. The molecule has 0 spiro atoms. The first-order chi connectivity index (χ1) is 8.58. The summed E-state index contributed by atoms with van der Waals surface area (Å²) in [6.45, 7) is 11.9. The molecule has 3 heteroatoms. The number of nitrogens with zero attached hydrogens (tertiary/aromatic N) is 2. The highest BCUT2D eigenvalue weighted by molar-refractivity contribution is 5.52. The maximum Gasteiger partial charge on any atom is 0.133 e. The predicted molar refractivity (Wildman–Crippen MR) is 77.1 cm³/mol. The number of aryl methyl sites for hydroxylation is 2. The lowest BCUT2D eigenvalue weighted by molar-refractivity contribution is 0.585. The van der Waals surface area contributed by atoms with Crippen molar-refractivity contribution in [2.45, 2.75) is 53.1 Å². The molecule has 2 rings (SSSR count). The van der Waals surface area contributed by atoms with Crippen molar-refractivity contribution in [3.63, 3.8) is 0 Å². The van der Waals surface area contributed by atoms with Crippen LogP contribution < -0.4 is 10.2 Å². The summed E-state index contributed by atoms with van der Waals surface area (Å²) in [5, 5.41) is 3.52. The van der Waals surface area contributed by atoms with E-state index in [1.165, 1.54) is 29.8 Å². The van der Waals surface area contributed by atoms with Gasteiger partial charge in [-0.05, 0) is 38.3 Å². The van der Waals surface area contributed by atoms with Crippen molar-refractivity contribution in [1.29, 1.82) is 0 Å². The second kappa shape index (κ2) is 5.70. The van der Waals surface area contributed by atoms with Gasteiger partial charge in [-0.25, -0.2) is 4.98 Å². The zero-order valence-corrected chi connectivity index (χ0v) is 12.1. The maximum absolute atomic E-state index is 4.78. The highest BCUT2D eigenvalue weighted by Gasteiger charge is 2.18. The van der Waals surface area contributed by atoms with Crippen molar-refractivity contribution in [3.05, 3.63) is 22.9 Å². The Kier molecular flexibility index (Phi) is 4.23. The van der Waals surface area contributed by atoms with Crippen LogP contribution >= 0.6 is 0 Å².